The maximum atomic E-state index is 12.2. The molecule has 1 saturated heterocycles. The Bertz CT molecular complexity index is 548. The largest absolute Gasteiger partial charge is 0.493 e. The number of benzene rings is 1. The number of carbonyl (C=O) groups excluding carboxylic acids is 1. The number of ether oxygens (including phenoxy) is 3. The Hall–Kier alpha value is -1.50. The Morgan fingerprint density at radius 2 is 2.12 bits per heavy atom. The second-order valence-corrected chi connectivity index (χ2v) is 6.30. The molecule has 1 aliphatic rings. The summed E-state index contributed by atoms with van der Waals surface area (Å²) in [5, 5.41) is 6.31. The van der Waals surface area contributed by atoms with Gasteiger partial charge in [0.1, 0.15) is 0 Å². The summed E-state index contributed by atoms with van der Waals surface area (Å²) in [6.45, 7) is 7.98. The van der Waals surface area contributed by atoms with E-state index in [1.165, 1.54) is 0 Å². The van der Waals surface area contributed by atoms with Gasteiger partial charge in [-0.1, -0.05) is 6.07 Å². The van der Waals surface area contributed by atoms with Crippen LogP contribution in [0, 0.1) is 0 Å². The van der Waals surface area contributed by atoms with Crippen LogP contribution in [0.15, 0.2) is 18.2 Å². The van der Waals surface area contributed by atoms with Crippen molar-refractivity contribution >= 4 is 18.3 Å². The SMILES string of the molecule is COc1cc(C(C)NC(=O)CC2COCCN2)ccc1OC(C)C.Cl. The molecule has 25 heavy (non-hydrogen) atoms. The van der Waals surface area contributed by atoms with Gasteiger partial charge in [0.05, 0.1) is 32.5 Å². The quantitative estimate of drug-likeness (QED) is 0.769. The molecule has 1 aromatic rings. The highest BCUT2D eigenvalue weighted by atomic mass is 35.5. The number of methoxy groups -OCH3 is 1. The highest BCUT2D eigenvalue weighted by molar-refractivity contribution is 5.85. The molecule has 1 heterocycles. The van der Waals surface area contributed by atoms with Gasteiger partial charge in [0.15, 0.2) is 11.5 Å². The number of hydrogen-bond donors (Lipinski definition) is 2. The van der Waals surface area contributed by atoms with E-state index in [9.17, 15) is 4.79 Å². The van der Waals surface area contributed by atoms with Crippen LogP contribution in [0.1, 0.15) is 38.8 Å². The molecule has 2 rings (SSSR count). The van der Waals surface area contributed by atoms with Gasteiger partial charge in [-0.2, -0.15) is 0 Å². The Balaban J connectivity index is 0.00000312. The van der Waals surface area contributed by atoms with Gasteiger partial charge in [-0.25, -0.2) is 0 Å². The monoisotopic (exact) mass is 372 g/mol. The van der Waals surface area contributed by atoms with Gasteiger partial charge in [0, 0.05) is 19.0 Å². The number of hydrogen-bond acceptors (Lipinski definition) is 5. The first kappa shape index (κ1) is 21.5. The third-order valence-electron chi connectivity index (χ3n) is 3.86. The number of nitrogens with one attached hydrogen (secondary N) is 2. The molecule has 0 radical (unpaired) electrons. The smallest absolute Gasteiger partial charge is 0.222 e. The minimum atomic E-state index is -0.107. The van der Waals surface area contributed by atoms with Crippen LogP contribution in [-0.4, -0.2) is 44.9 Å². The van der Waals surface area contributed by atoms with Crippen LogP contribution >= 0.6 is 12.4 Å². The highest BCUT2D eigenvalue weighted by Gasteiger charge is 2.19. The normalized spacial score (nSPS) is 18.2. The van der Waals surface area contributed by atoms with Crippen LogP contribution in [0.2, 0.25) is 0 Å². The number of rotatable bonds is 7. The molecule has 0 bridgehead atoms. The molecule has 1 amide bonds. The molecule has 1 aliphatic heterocycles. The van der Waals surface area contributed by atoms with Crippen LogP contribution in [0.3, 0.4) is 0 Å². The van der Waals surface area contributed by atoms with E-state index >= 15 is 0 Å². The van der Waals surface area contributed by atoms with Crippen molar-refractivity contribution < 1.29 is 19.0 Å². The minimum Gasteiger partial charge on any atom is -0.493 e. The average Bonchev–Trinajstić information content (AvgIpc) is 2.55. The first-order valence-corrected chi connectivity index (χ1v) is 8.44. The fourth-order valence-corrected chi connectivity index (χ4v) is 2.66. The summed E-state index contributed by atoms with van der Waals surface area (Å²) in [6.07, 6.45) is 0.489. The van der Waals surface area contributed by atoms with Crippen molar-refractivity contribution in [1.82, 2.24) is 10.6 Å². The molecule has 6 nitrogen and oxygen atoms in total. The molecule has 0 aromatic heterocycles. The van der Waals surface area contributed by atoms with Gasteiger partial charge >= 0.3 is 0 Å². The van der Waals surface area contributed by atoms with Crippen molar-refractivity contribution in [2.45, 2.75) is 45.4 Å². The van der Waals surface area contributed by atoms with Crippen LogP contribution in [-0.2, 0) is 9.53 Å². The summed E-state index contributed by atoms with van der Waals surface area (Å²) in [7, 11) is 1.62. The van der Waals surface area contributed by atoms with E-state index in [1.807, 2.05) is 39.0 Å². The summed E-state index contributed by atoms with van der Waals surface area (Å²) in [5.41, 5.74) is 0.976. The van der Waals surface area contributed by atoms with Crippen molar-refractivity contribution in [3.63, 3.8) is 0 Å². The van der Waals surface area contributed by atoms with Gasteiger partial charge in [-0.3, -0.25) is 4.79 Å². The molecule has 7 heteroatoms. The summed E-state index contributed by atoms with van der Waals surface area (Å²) in [4.78, 5) is 12.2. The average molecular weight is 373 g/mol. The zero-order valence-corrected chi connectivity index (χ0v) is 16.2. The molecule has 0 saturated carbocycles. The van der Waals surface area contributed by atoms with Crippen molar-refractivity contribution in [3.05, 3.63) is 23.8 Å². The number of halogens is 1. The molecule has 2 atom stereocenters. The van der Waals surface area contributed by atoms with Gasteiger partial charge in [0.25, 0.3) is 0 Å². The zero-order valence-electron chi connectivity index (χ0n) is 15.3. The second kappa shape index (κ2) is 10.5. The zero-order chi connectivity index (χ0) is 17.5. The van der Waals surface area contributed by atoms with Crippen molar-refractivity contribution in [2.75, 3.05) is 26.9 Å². The van der Waals surface area contributed by atoms with Crippen LogP contribution in [0.4, 0.5) is 0 Å². The van der Waals surface area contributed by atoms with Gasteiger partial charge in [-0.05, 0) is 38.5 Å². The summed E-state index contributed by atoms with van der Waals surface area (Å²) in [5.74, 6) is 1.38. The molecule has 1 fully saturated rings. The molecular weight excluding hydrogens is 344 g/mol. The summed E-state index contributed by atoms with van der Waals surface area (Å²) in [6, 6.07) is 5.72. The predicted octanol–water partition coefficient (Wildman–Crippen LogP) is 2.46. The van der Waals surface area contributed by atoms with E-state index in [0.29, 0.717) is 31.1 Å². The fourth-order valence-electron chi connectivity index (χ4n) is 2.66. The van der Waals surface area contributed by atoms with E-state index in [-0.39, 0.29) is 36.5 Å². The van der Waals surface area contributed by atoms with E-state index in [2.05, 4.69) is 10.6 Å². The summed E-state index contributed by atoms with van der Waals surface area (Å²) < 4.78 is 16.5. The lowest BCUT2D eigenvalue weighted by atomic mass is 10.1. The maximum absolute atomic E-state index is 12.2. The van der Waals surface area contributed by atoms with E-state index in [4.69, 9.17) is 14.2 Å². The Labute approximate surface area is 156 Å². The number of amides is 1. The third kappa shape index (κ3) is 6.72. The molecular formula is C18H29ClN2O4. The Morgan fingerprint density at radius 1 is 1.36 bits per heavy atom. The third-order valence-corrected chi connectivity index (χ3v) is 3.86. The maximum Gasteiger partial charge on any atom is 0.222 e. The molecule has 0 aliphatic carbocycles. The van der Waals surface area contributed by atoms with Gasteiger partial charge in [0.2, 0.25) is 5.91 Å². The van der Waals surface area contributed by atoms with Crippen molar-refractivity contribution in [2.24, 2.45) is 0 Å². The second-order valence-electron chi connectivity index (χ2n) is 6.30. The summed E-state index contributed by atoms with van der Waals surface area (Å²) >= 11 is 0. The van der Waals surface area contributed by atoms with Gasteiger partial charge < -0.3 is 24.8 Å². The Morgan fingerprint density at radius 3 is 2.72 bits per heavy atom. The lowest BCUT2D eigenvalue weighted by Gasteiger charge is -2.24. The van der Waals surface area contributed by atoms with E-state index < -0.39 is 0 Å². The highest BCUT2D eigenvalue weighted by Crippen LogP contribution is 2.31. The number of carbonyl (C=O) groups is 1. The van der Waals surface area contributed by atoms with Crippen molar-refractivity contribution in [1.29, 1.82) is 0 Å². The predicted molar refractivity (Wildman–Crippen MR) is 99.8 cm³/mol. The van der Waals surface area contributed by atoms with Crippen LogP contribution in [0.25, 0.3) is 0 Å². The van der Waals surface area contributed by atoms with Gasteiger partial charge in [-0.15, -0.1) is 12.4 Å². The molecule has 142 valence electrons. The van der Waals surface area contributed by atoms with Crippen LogP contribution in [0.5, 0.6) is 11.5 Å². The fraction of sp³-hybridized carbons (Fsp3) is 0.611. The van der Waals surface area contributed by atoms with E-state index in [0.717, 1.165) is 12.1 Å². The van der Waals surface area contributed by atoms with E-state index in [1.54, 1.807) is 7.11 Å². The number of morpholine rings is 1. The molecule has 2 unspecified atom stereocenters. The molecule has 2 N–H and O–H groups in total. The topological polar surface area (TPSA) is 68.8 Å². The lowest BCUT2D eigenvalue weighted by Crippen LogP contribution is -2.44. The minimum absolute atomic E-state index is 0. The Kier molecular flexibility index (Phi) is 9.03. The molecule has 0 spiro atoms. The first-order valence-electron chi connectivity index (χ1n) is 8.44. The van der Waals surface area contributed by atoms with Crippen molar-refractivity contribution in [3.8, 4) is 11.5 Å². The standard InChI is InChI=1S/C18H28N2O4.ClH/c1-12(2)24-16-6-5-14(9-17(16)22-4)13(3)20-18(21)10-15-11-23-8-7-19-15;/h5-6,9,12-13,15,19H,7-8,10-11H2,1-4H3,(H,20,21);1H. The lowest BCUT2D eigenvalue weighted by molar-refractivity contribution is -0.122. The molecule has 1 aromatic carbocycles. The van der Waals surface area contributed by atoms with Crippen LogP contribution < -0.4 is 20.1 Å². The first-order chi connectivity index (χ1) is 11.5.